The molecular weight excluding hydrogens is 743 g/mol. The summed E-state index contributed by atoms with van der Waals surface area (Å²) >= 11 is 3.95. The maximum Gasteiger partial charge on any atom is 0.481 e. The van der Waals surface area contributed by atoms with E-state index in [1.165, 1.54) is 20.8 Å². The van der Waals surface area contributed by atoms with Crippen LogP contribution in [0.5, 0.6) is 0 Å². The number of carbonyl (C=O) groups excluding carboxylic acids is 2. The number of phosphoric acid groups is 3. The number of amides is 2. The van der Waals surface area contributed by atoms with Gasteiger partial charge in [-0.05, 0) is 6.92 Å². The Kier molecular flexibility index (Phi) is 13.5. The van der Waals surface area contributed by atoms with Crippen LogP contribution in [0.4, 0.5) is 5.82 Å². The third kappa shape index (κ3) is 10.9. The second-order valence-electron chi connectivity index (χ2n) is 11.4. The van der Waals surface area contributed by atoms with Crippen molar-refractivity contribution in [3.63, 3.8) is 0 Å². The van der Waals surface area contributed by atoms with Crippen molar-refractivity contribution in [2.45, 2.75) is 57.3 Å². The molecular formula is C22H38N7O16P3S. The number of ether oxygens (including phenoxy) is 1. The molecule has 1 fully saturated rings. The highest BCUT2D eigenvalue weighted by molar-refractivity contribution is 7.80. The molecule has 7 atom stereocenters. The van der Waals surface area contributed by atoms with Gasteiger partial charge in [0.05, 0.1) is 19.5 Å². The van der Waals surface area contributed by atoms with Gasteiger partial charge in [-0.15, -0.1) is 0 Å². The summed E-state index contributed by atoms with van der Waals surface area (Å²) in [5.74, 6) is -0.952. The van der Waals surface area contributed by atoms with Crippen LogP contribution in [0.2, 0.25) is 0 Å². The average molecular weight is 782 g/mol. The molecule has 1 aliphatic rings. The number of imidazole rings is 1. The van der Waals surface area contributed by atoms with Crippen LogP contribution in [-0.2, 0) is 51.6 Å². The zero-order valence-electron chi connectivity index (χ0n) is 26.1. The lowest BCUT2D eigenvalue weighted by molar-refractivity contribution is -0.137. The number of fused-ring (bicyclic) bond motifs is 1. The number of anilines is 1. The van der Waals surface area contributed by atoms with E-state index >= 15 is 0 Å². The van der Waals surface area contributed by atoms with Crippen molar-refractivity contribution in [1.29, 1.82) is 0 Å². The Labute approximate surface area is 283 Å². The van der Waals surface area contributed by atoms with E-state index in [1.807, 2.05) is 0 Å². The molecule has 23 nitrogen and oxygen atoms in total. The van der Waals surface area contributed by atoms with E-state index < -0.39 is 78.1 Å². The molecule has 0 saturated carbocycles. The number of aromatic nitrogens is 4. The molecule has 3 heterocycles. The zero-order valence-corrected chi connectivity index (χ0v) is 29.7. The van der Waals surface area contributed by atoms with Gasteiger partial charge in [0.15, 0.2) is 17.2 Å². The van der Waals surface area contributed by atoms with Crippen LogP contribution in [0.15, 0.2) is 12.7 Å². The Morgan fingerprint density at radius 1 is 1.12 bits per heavy atom. The van der Waals surface area contributed by atoms with E-state index in [9.17, 15) is 53.1 Å². The lowest BCUT2D eigenvalue weighted by Gasteiger charge is -2.30. The van der Waals surface area contributed by atoms with E-state index in [4.69, 9.17) is 19.5 Å². The molecule has 0 aromatic carbocycles. The lowest BCUT2D eigenvalue weighted by atomic mass is 9.87. The largest absolute Gasteiger partial charge is 0.481 e. The van der Waals surface area contributed by atoms with Crippen molar-refractivity contribution in [3.05, 3.63) is 12.7 Å². The third-order valence-electron chi connectivity index (χ3n) is 7.00. The van der Waals surface area contributed by atoms with Crippen LogP contribution in [0.1, 0.15) is 27.2 Å². The number of carbonyl (C=O) groups is 2. The fourth-order valence-corrected chi connectivity index (χ4v) is 7.38. The Bertz CT molecular complexity index is 1640. The molecule has 2 aromatic heterocycles. The summed E-state index contributed by atoms with van der Waals surface area (Å²) in [6, 6.07) is 0. The number of nitrogens with zero attached hydrogens (tertiary/aromatic N) is 4. The van der Waals surface area contributed by atoms with Crippen molar-refractivity contribution in [2.75, 3.05) is 37.8 Å². The van der Waals surface area contributed by atoms with Crippen molar-refractivity contribution in [1.82, 2.24) is 30.2 Å². The standard InChI is InChI=1S/C22H38N7O16P3S/c1-21(2,17(32)20(33)25-5-4-13(30)24-6-7-49)9-42-48(39,40)45-47(37,38)41-8-12-15(44-46(34,35)36)16(31)22(3,43-12)29-11-28-14-18(23)26-10-27-19(14)29/h10-12,15-17,31-32,49H,4-9H2,1-3H3,(H,24,30)(H,25,33)(H,37,38)(H,39,40)(H2,23,26,27)(H2,34,35,36). The average Bonchev–Trinajstić information content (AvgIpc) is 3.53. The first kappa shape index (κ1) is 41.3. The summed E-state index contributed by atoms with van der Waals surface area (Å²) < 4.78 is 62.3. The monoisotopic (exact) mass is 781 g/mol. The normalized spacial score (nSPS) is 24.7. The molecule has 2 aromatic rings. The van der Waals surface area contributed by atoms with Crippen LogP contribution in [-0.4, -0.2) is 118 Å². The number of hydrogen-bond acceptors (Lipinski definition) is 17. The highest BCUT2D eigenvalue weighted by Gasteiger charge is 2.57. The fourth-order valence-electron chi connectivity index (χ4n) is 4.45. The van der Waals surface area contributed by atoms with Crippen molar-refractivity contribution >= 4 is 64.9 Å². The maximum absolute atomic E-state index is 12.7. The summed E-state index contributed by atoms with van der Waals surface area (Å²) in [4.78, 5) is 75.0. The quantitative estimate of drug-likeness (QED) is 0.0608. The number of aliphatic hydroxyl groups excluding tert-OH is 2. The third-order valence-corrected chi connectivity index (χ3v) is 10.3. The van der Waals surface area contributed by atoms with E-state index in [-0.39, 0.29) is 35.9 Å². The molecule has 27 heteroatoms. The molecule has 0 aliphatic carbocycles. The number of nitrogens with one attached hydrogen (secondary N) is 2. The molecule has 0 spiro atoms. The van der Waals surface area contributed by atoms with Crippen molar-refractivity contribution < 1.29 is 75.7 Å². The van der Waals surface area contributed by atoms with Gasteiger partial charge < -0.3 is 50.9 Å². The minimum Gasteiger partial charge on any atom is -0.385 e. The number of phosphoric ester groups is 3. The van der Waals surface area contributed by atoms with Gasteiger partial charge >= 0.3 is 23.5 Å². The molecule has 10 N–H and O–H groups in total. The maximum atomic E-state index is 12.7. The summed E-state index contributed by atoms with van der Waals surface area (Å²) in [6.07, 6.45) is -5.34. The Morgan fingerprint density at radius 3 is 2.41 bits per heavy atom. The predicted octanol–water partition coefficient (Wildman–Crippen LogP) is -1.49. The van der Waals surface area contributed by atoms with E-state index in [0.29, 0.717) is 12.3 Å². The Hall–Kier alpha value is -2.11. The molecule has 3 rings (SSSR count). The van der Waals surface area contributed by atoms with Gasteiger partial charge in [-0.25, -0.2) is 28.6 Å². The van der Waals surface area contributed by atoms with Gasteiger partial charge in [0, 0.05) is 30.7 Å². The smallest absolute Gasteiger partial charge is 0.385 e. The lowest BCUT2D eigenvalue weighted by Crippen LogP contribution is -2.46. The molecule has 2 amide bonds. The Balaban J connectivity index is 1.64. The summed E-state index contributed by atoms with van der Waals surface area (Å²) in [5, 5.41) is 26.4. The minimum atomic E-state index is -5.56. The van der Waals surface area contributed by atoms with Crippen molar-refractivity contribution in [2.24, 2.45) is 5.41 Å². The van der Waals surface area contributed by atoms with Gasteiger partial charge in [-0.1, -0.05) is 13.8 Å². The topological polar surface area (TPSA) is 347 Å². The fraction of sp³-hybridized carbons (Fsp3) is 0.682. The van der Waals surface area contributed by atoms with Gasteiger partial charge in [-0.3, -0.25) is 27.7 Å². The van der Waals surface area contributed by atoms with Crippen LogP contribution in [0.3, 0.4) is 0 Å². The van der Waals surface area contributed by atoms with Crippen LogP contribution >= 0.6 is 36.1 Å². The molecule has 7 unspecified atom stereocenters. The number of aliphatic hydroxyl groups is 2. The summed E-state index contributed by atoms with van der Waals surface area (Å²) in [7, 11) is -16.4. The highest BCUT2D eigenvalue weighted by Crippen LogP contribution is 2.61. The molecule has 1 aliphatic heterocycles. The minimum absolute atomic E-state index is 0.0258. The number of rotatable bonds is 18. The molecule has 0 radical (unpaired) electrons. The predicted molar refractivity (Wildman–Crippen MR) is 168 cm³/mol. The van der Waals surface area contributed by atoms with Crippen LogP contribution < -0.4 is 16.4 Å². The highest BCUT2D eigenvalue weighted by atomic mass is 32.1. The molecule has 1 saturated heterocycles. The van der Waals surface area contributed by atoms with E-state index in [0.717, 1.165) is 17.2 Å². The van der Waals surface area contributed by atoms with E-state index in [2.05, 4.69) is 47.0 Å². The second-order valence-corrected chi connectivity index (χ2v) is 16.0. The van der Waals surface area contributed by atoms with E-state index in [1.54, 1.807) is 0 Å². The first-order chi connectivity index (χ1) is 22.5. The zero-order chi connectivity index (χ0) is 37.0. The summed E-state index contributed by atoms with van der Waals surface area (Å²) in [5.41, 5.74) is 2.36. The molecule has 49 heavy (non-hydrogen) atoms. The van der Waals surface area contributed by atoms with Crippen molar-refractivity contribution in [3.8, 4) is 0 Å². The van der Waals surface area contributed by atoms with Crippen LogP contribution in [0, 0.1) is 5.41 Å². The van der Waals surface area contributed by atoms with Gasteiger partial charge in [0.2, 0.25) is 11.8 Å². The number of nitrogens with two attached hydrogens (primary N) is 1. The number of nitrogen functional groups attached to an aromatic ring is 1. The second kappa shape index (κ2) is 16.1. The number of hydrogen-bond donors (Lipinski definition) is 10. The van der Waals surface area contributed by atoms with Gasteiger partial charge in [0.1, 0.15) is 36.3 Å². The SMILES string of the molecule is CC(C)(COP(=O)(O)OP(=O)(O)OCC1OC(C)(n2cnc3c(N)ncnc32)C(O)C1OP(=O)(O)O)C(O)C(=O)NCCC(=O)NCCS. The molecule has 278 valence electrons. The first-order valence-corrected chi connectivity index (χ1v) is 19.2. The molecule has 0 bridgehead atoms. The first-order valence-electron chi connectivity index (χ1n) is 14.0. The number of thiol groups is 1. The Morgan fingerprint density at radius 2 is 1.78 bits per heavy atom. The van der Waals surface area contributed by atoms with Gasteiger partial charge in [0.25, 0.3) is 0 Å². The van der Waals surface area contributed by atoms with Crippen LogP contribution in [0.25, 0.3) is 11.2 Å². The summed E-state index contributed by atoms with van der Waals surface area (Å²) in [6.45, 7) is 1.95. The van der Waals surface area contributed by atoms with Gasteiger partial charge in [-0.2, -0.15) is 16.9 Å².